The van der Waals surface area contributed by atoms with E-state index in [0.717, 1.165) is 38.0 Å². The topological polar surface area (TPSA) is 23.5 Å². The lowest BCUT2D eigenvalue weighted by molar-refractivity contribution is 0.141. The molecule has 0 aromatic heterocycles. The van der Waals surface area contributed by atoms with Crippen molar-refractivity contribution in [3.8, 4) is 0 Å². The summed E-state index contributed by atoms with van der Waals surface area (Å²) in [6.45, 7) is 9.10. The standard InChI is InChI=1S/C16H26FNO/c1-4-9-18(10-5-2)11-8-16(19)14-6-7-15(17)13(3)12-14/h6-7,12,16,19H,4-5,8-11H2,1-3H3. The van der Waals surface area contributed by atoms with Crippen molar-refractivity contribution in [1.29, 1.82) is 0 Å². The highest BCUT2D eigenvalue weighted by atomic mass is 19.1. The van der Waals surface area contributed by atoms with Gasteiger partial charge >= 0.3 is 0 Å². The molecule has 1 atom stereocenters. The quantitative estimate of drug-likeness (QED) is 0.776. The molecule has 1 N–H and O–H groups in total. The van der Waals surface area contributed by atoms with Gasteiger partial charge in [0.05, 0.1) is 6.10 Å². The van der Waals surface area contributed by atoms with E-state index in [1.165, 1.54) is 6.07 Å². The van der Waals surface area contributed by atoms with Crippen LogP contribution in [0.15, 0.2) is 18.2 Å². The summed E-state index contributed by atoms with van der Waals surface area (Å²) < 4.78 is 13.2. The van der Waals surface area contributed by atoms with E-state index < -0.39 is 6.10 Å². The number of hydrogen-bond acceptors (Lipinski definition) is 2. The lowest BCUT2D eigenvalue weighted by atomic mass is 10.0. The van der Waals surface area contributed by atoms with Crippen LogP contribution in [0.2, 0.25) is 0 Å². The van der Waals surface area contributed by atoms with Gasteiger partial charge in [0.2, 0.25) is 0 Å². The van der Waals surface area contributed by atoms with Crippen molar-refractivity contribution in [2.45, 2.75) is 46.1 Å². The molecule has 0 saturated heterocycles. The van der Waals surface area contributed by atoms with Crippen LogP contribution in [-0.4, -0.2) is 29.6 Å². The molecule has 0 aliphatic heterocycles. The Morgan fingerprint density at radius 2 is 1.79 bits per heavy atom. The fourth-order valence-corrected chi connectivity index (χ4v) is 2.31. The van der Waals surface area contributed by atoms with Crippen molar-refractivity contribution >= 4 is 0 Å². The summed E-state index contributed by atoms with van der Waals surface area (Å²) in [5, 5.41) is 10.2. The predicted octanol–water partition coefficient (Wildman–Crippen LogP) is 3.68. The summed E-state index contributed by atoms with van der Waals surface area (Å²) in [4.78, 5) is 2.37. The van der Waals surface area contributed by atoms with Crippen LogP contribution < -0.4 is 0 Å². The predicted molar refractivity (Wildman–Crippen MR) is 77.7 cm³/mol. The molecule has 0 amide bonds. The zero-order valence-electron chi connectivity index (χ0n) is 12.3. The van der Waals surface area contributed by atoms with Crippen LogP contribution >= 0.6 is 0 Å². The maximum atomic E-state index is 13.2. The summed E-state index contributed by atoms with van der Waals surface area (Å²) >= 11 is 0. The molecule has 0 aliphatic carbocycles. The third-order valence-corrected chi connectivity index (χ3v) is 3.37. The van der Waals surface area contributed by atoms with E-state index >= 15 is 0 Å². The molecule has 1 aromatic rings. The number of nitrogens with zero attached hydrogens (tertiary/aromatic N) is 1. The monoisotopic (exact) mass is 267 g/mol. The Balaban J connectivity index is 2.53. The van der Waals surface area contributed by atoms with E-state index in [4.69, 9.17) is 0 Å². The van der Waals surface area contributed by atoms with Crippen molar-refractivity contribution in [1.82, 2.24) is 4.90 Å². The highest BCUT2D eigenvalue weighted by Crippen LogP contribution is 2.19. The molecular formula is C16H26FNO. The van der Waals surface area contributed by atoms with Gasteiger partial charge in [-0.15, -0.1) is 0 Å². The molecule has 0 spiro atoms. The highest BCUT2D eigenvalue weighted by molar-refractivity contribution is 5.25. The van der Waals surface area contributed by atoms with Crippen molar-refractivity contribution in [3.63, 3.8) is 0 Å². The first-order valence-electron chi connectivity index (χ1n) is 7.25. The third-order valence-electron chi connectivity index (χ3n) is 3.37. The van der Waals surface area contributed by atoms with Crippen LogP contribution in [0.5, 0.6) is 0 Å². The molecular weight excluding hydrogens is 241 g/mol. The van der Waals surface area contributed by atoms with Gasteiger partial charge in [-0.05, 0) is 56.5 Å². The lowest BCUT2D eigenvalue weighted by Gasteiger charge is -2.22. The number of aliphatic hydroxyl groups excluding tert-OH is 1. The molecule has 0 fully saturated rings. The summed E-state index contributed by atoms with van der Waals surface area (Å²) in [5.74, 6) is -0.213. The van der Waals surface area contributed by atoms with E-state index in [-0.39, 0.29) is 5.82 Å². The van der Waals surface area contributed by atoms with Crippen LogP contribution in [0.1, 0.15) is 50.3 Å². The maximum absolute atomic E-state index is 13.2. The van der Waals surface area contributed by atoms with Gasteiger partial charge in [0.1, 0.15) is 5.82 Å². The van der Waals surface area contributed by atoms with Crippen molar-refractivity contribution < 1.29 is 9.50 Å². The third kappa shape index (κ3) is 5.29. The first-order valence-corrected chi connectivity index (χ1v) is 7.25. The zero-order valence-corrected chi connectivity index (χ0v) is 12.3. The maximum Gasteiger partial charge on any atom is 0.126 e. The number of halogens is 1. The molecule has 1 rings (SSSR count). The molecule has 108 valence electrons. The first kappa shape index (κ1) is 16.1. The molecule has 0 saturated carbocycles. The van der Waals surface area contributed by atoms with Crippen LogP contribution in [0.3, 0.4) is 0 Å². The number of aliphatic hydroxyl groups is 1. The molecule has 1 aromatic carbocycles. The molecule has 3 heteroatoms. The van der Waals surface area contributed by atoms with Crippen LogP contribution in [-0.2, 0) is 0 Å². The summed E-state index contributed by atoms with van der Waals surface area (Å²) in [6, 6.07) is 4.85. The summed E-state index contributed by atoms with van der Waals surface area (Å²) in [5.41, 5.74) is 1.40. The average Bonchev–Trinajstić information content (AvgIpc) is 2.39. The van der Waals surface area contributed by atoms with Gasteiger partial charge < -0.3 is 10.0 Å². The van der Waals surface area contributed by atoms with E-state index in [1.807, 2.05) is 0 Å². The minimum atomic E-state index is -0.504. The van der Waals surface area contributed by atoms with E-state index in [9.17, 15) is 9.50 Å². The number of benzene rings is 1. The van der Waals surface area contributed by atoms with Crippen LogP contribution in [0.25, 0.3) is 0 Å². The first-order chi connectivity index (χ1) is 9.08. The van der Waals surface area contributed by atoms with Crippen LogP contribution in [0, 0.1) is 12.7 Å². The second-order valence-electron chi connectivity index (χ2n) is 5.15. The smallest absolute Gasteiger partial charge is 0.126 e. The minimum Gasteiger partial charge on any atom is -0.388 e. The van der Waals surface area contributed by atoms with E-state index in [2.05, 4.69) is 18.7 Å². The number of aryl methyl sites for hydroxylation is 1. The number of rotatable bonds is 8. The fraction of sp³-hybridized carbons (Fsp3) is 0.625. The SMILES string of the molecule is CCCN(CCC)CCC(O)c1ccc(F)c(C)c1. The Labute approximate surface area is 116 Å². The molecule has 1 unspecified atom stereocenters. The molecule has 0 aliphatic rings. The van der Waals surface area contributed by atoms with Gasteiger partial charge in [0.15, 0.2) is 0 Å². The van der Waals surface area contributed by atoms with Gasteiger partial charge in [-0.3, -0.25) is 0 Å². The van der Waals surface area contributed by atoms with Crippen molar-refractivity contribution in [2.24, 2.45) is 0 Å². The molecule has 0 heterocycles. The Bertz CT molecular complexity index is 375. The van der Waals surface area contributed by atoms with Gasteiger partial charge in [0.25, 0.3) is 0 Å². The van der Waals surface area contributed by atoms with Crippen LogP contribution in [0.4, 0.5) is 4.39 Å². The Hall–Kier alpha value is -0.930. The van der Waals surface area contributed by atoms with E-state index in [0.29, 0.717) is 12.0 Å². The van der Waals surface area contributed by atoms with Crippen molar-refractivity contribution in [3.05, 3.63) is 35.1 Å². The normalized spacial score (nSPS) is 12.9. The Morgan fingerprint density at radius 1 is 1.16 bits per heavy atom. The largest absolute Gasteiger partial charge is 0.388 e. The molecule has 0 radical (unpaired) electrons. The molecule has 0 bridgehead atoms. The second-order valence-corrected chi connectivity index (χ2v) is 5.15. The van der Waals surface area contributed by atoms with Gasteiger partial charge in [-0.25, -0.2) is 4.39 Å². The zero-order chi connectivity index (χ0) is 14.3. The number of hydrogen-bond donors (Lipinski definition) is 1. The molecule has 2 nitrogen and oxygen atoms in total. The summed E-state index contributed by atoms with van der Waals surface area (Å²) in [7, 11) is 0. The van der Waals surface area contributed by atoms with Gasteiger partial charge in [0, 0.05) is 6.54 Å². The lowest BCUT2D eigenvalue weighted by Crippen LogP contribution is -2.27. The molecule has 19 heavy (non-hydrogen) atoms. The average molecular weight is 267 g/mol. The second kappa shape index (κ2) is 8.28. The fourth-order valence-electron chi connectivity index (χ4n) is 2.31. The van der Waals surface area contributed by atoms with Gasteiger partial charge in [-0.2, -0.15) is 0 Å². The van der Waals surface area contributed by atoms with Gasteiger partial charge in [-0.1, -0.05) is 26.0 Å². The Morgan fingerprint density at radius 3 is 2.32 bits per heavy atom. The summed E-state index contributed by atoms with van der Waals surface area (Å²) in [6.07, 6.45) is 2.46. The van der Waals surface area contributed by atoms with Crippen molar-refractivity contribution in [2.75, 3.05) is 19.6 Å². The Kier molecular flexibility index (Phi) is 7.03. The minimum absolute atomic E-state index is 0.213. The van der Waals surface area contributed by atoms with E-state index in [1.54, 1.807) is 19.1 Å². The highest BCUT2D eigenvalue weighted by Gasteiger charge is 2.11.